The summed E-state index contributed by atoms with van der Waals surface area (Å²) in [5, 5.41) is 0. The van der Waals surface area contributed by atoms with Crippen LogP contribution in [0, 0.1) is 11.6 Å². The lowest BCUT2D eigenvalue weighted by atomic mass is 10.1. The molecule has 3 heteroatoms. The molecule has 1 aliphatic carbocycles. The molecule has 12 heavy (non-hydrogen) atoms. The highest BCUT2D eigenvalue weighted by atomic mass is 19.1. The highest BCUT2D eigenvalue weighted by Crippen LogP contribution is 2.43. The molecule has 64 valence electrons. The van der Waals surface area contributed by atoms with Crippen molar-refractivity contribution in [1.82, 2.24) is 0 Å². The molecule has 1 aliphatic rings. The van der Waals surface area contributed by atoms with Gasteiger partial charge in [0.15, 0.2) is 0 Å². The van der Waals surface area contributed by atoms with Gasteiger partial charge in [0.05, 0.1) is 0 Å². The number of halogens is 2. The molecule has 0 heterocycles. The molecule has 1 aromatic rings. The van der Waals surface area contributed by atoms with Crippen LogP contribution in [0.3, 0.4) is 0 Å². The lowest BCUT2D eigenvalue weighted by Crippen LogP contribution is -2.20. The van der Waals surface area contributed by atoms with Crippen molar-refractivity contribution < 1.29 is 8.78 Å². The first-order valence-corrected chi connectivity index (χ1v) is 3.86. The van der Waals surface area contributed by atoms with Crippen molar-refractivity contribution in [1.29, 1.82) is 0 Å². The second-order valence-corrected chi connectivity index (χ2v) is 3.28. The fraction of sp³-hybridized carbons (Fsp3) is 0.333. The van der Waals surface area contributed by atoms with Gasteiger partial charge in [-0.15, -0.1) is 0 Å². The van der Waals surface area contributed by atoms with Gasteiger partial charge in [0.1, 0.15) is 11.6 Å². The average Bonchev–Trinajstić information content (AvgIpc) is 2.68. The van der Waals surface area contributed by atoms with Crippen molar-refractivity contribution in [3.63, 3.8) is 0 Å². The van der Waals surface area contributed by atoms with Crippen LogP contribution in [-0.4, -0.2) is 0 Å². The van der Waals surface area contributed by atoms with E-state index in [0.717, 1.165) is 18.9 Å². The van der Waals surface area contributed by atoms with Gasteiger partial charge in [-0.05, 0) is 18.9 Å². The predicted octanol–water partition coefficient (Wildman–Crippen LogP) is 1.91. The van der Waals surface area contributed by atoms with Crippen LogP contribution < -0.4 is 5.73 Å². The molecular formula is C9H9F2N. The fourth-order valence-corrected chi connectivity index (χ4v) is 1.30. The van der Waals surface area contributed by atoms with Gasteiger partial charge in [-0.25, -0.2) is 8.78 Å². The smallest absolute Gasteiger partial charge is 0.131 e. The first-order chi connectivity index (χ1) is 5.62. The second kappa shape index (κ2) is 2.26. The van der Waals surface area contributed by atoms with Crippen molar-refractivity contribution in [2.24, 2.45) is 5.73 Å². The number of hydrogen-bond donors (Lipinski definition) is 1. The molecule has 2 rings (SSSR count). The Bertz CT molecular complexity index is 318. The Labute approximate surface area is 69.2 Å². The fourth-order valence-electron chi connectivity index (χ4n) is 1.30. The maximum Gasteiger partial charge on any atom is 0.131 e. The molecule has 0 saturated heterocycles. The van der Waals surface area contributed by atoms with E-state index >= 15 is 0 Å². The third-order valence-corrected chi connectivity index (χ3v) is 2.26. The summed E-state index contributed by atoms with van der Waals surface area (Å²) >= 11 is 0. The Morgan fingerprint density at radius 3 is 2.42 bits per heavy atom. The monoisotopic (exact) mass is 169 g/mol. The van der Waals surface area contributed by atoms with Crippen molar-refractivity contribution in [3.8, 4) is 0 Å². The molecule has 0 amide bonds. The Morgan fingerprint density at radius 1 is 1.25 bits per heavy atom. The van der Waals surface area contributed by atoms with Crippen molar-refractivity contribution in [2.45, 2.75) is 18.4 Å². The molecule has 0 atom stereocenters. The molecule has 1 aromatic carbocycles. The minimum atomic E-state index is -0.555. The van der Waals surface area contributed by atoms with Gasteiger partial charge in [0, 0.05) is 17.2 Å². The van der Waals surface area contributed by atoms with Crippen LogP contribution in [-0.2, 0) is 5.54 Å². The van der Waals surface area contributed by atoms with Gasteiger partial charge in [-0.1, -0.05) is 6.07 Å². The summed E-state index contributed by atoms with van der Waals surface area (Å²) in [6.07, 6.45) is 1.57. The standard InChI is InChI=1S/C9H9F2N/c10-6-1-2-7(8(11)5-6)9(12)3-4-9/h1-2,5H,3-4,12H2. The van der Waals surface area contributed by atoms with Crippen LogP contribution >= 0.6 is 0 Å². The topological polar surface area (TPSA) is 26.0 Å². The highest BCUT2D eigenvalue weighted by Gasteiger charge is 2.41. The second-order valence-electron chi connectivity index (χ2n) is 3.28. The molecule has 0 spiro atoms. The van der Waals surface area contributed by atoms with Crippen LogP contribution in [0.5, 0.6) is 0 Å². The summed E-state index contributed by atoms with van der Waals surface area (Å²) in [5.74, 6) is -1.09. The van der Waals surface area contributed by atoms with E-state index in [-0.39, 0.29) is 0 Å². The number of hydrogen-bond acceptors (Lipinski definition) is 1. The summed E-state index contributed by atoms with van der Waals surface area (Å²) in [6, 6.07) is 3.55. The third kappa shape index (κ3) is 1.10. The molecule has 1 saturated carbocycles. The average molecular weight is 169 g/mol. The molecule has 1 fully saturated rings. The van der Waals surface area contributed by atoms with Gasteiger partial charge in [0.25, 0.3) is 0 Å². The minimum Gasteiger partial charge on any atom is -0.321 e. The molecule has 1 nitrogen and oxygen atoms in total. The maximum atomic E-state index is 13.1. The van der Waals surface area contributed by atoms with E-state index in [1.54, 1.807) is 0 Å². The van der Waals surface area contributed by atoms with Crippen LogP contribution in [0.4, 0.5) is 8.78 Å². The zero-order chi connectivity index (χ0) is 8.77. The Morgan fingerprint density at radius 2 is 1.92 bits per heavy atom. The highest BCUT2D eigenvalue weighted by molar-refractivity contribution is 5.30. The lowest BCUT2D eigenvalue weighted by molar-refractivity contribution is 0.552. The van der Waals surface area contributed by atoms with E-state index < -0.39 is 17.2 Å². The van der Waals surface area contributed by atoms with Crippen molar-refractivity contribution >= 4 is 0 Å². The number of nitrogens with two attached hydrogens (primary N) is 1. The first kappa shape index (κ1) is 7.68. The molecule has 0 aliphatic heterocycles. The number of benzene rings is 1. The Kier molecular flexibility index (Phi) is 1.45. The van der Waals surface area contributed by atoms with Gasteiger partial charge in [-0.3, -0.25) is 0 Å². The van der Waals surface area contributed by atoms with Crippen LogP contribution in [0.2, 0.25) is 0 Å². The SMILES string of the molecule is NC1(c2ccc(F)cc2F)CC1. The van der Waals surface area contributed by atoms with Crippen molar-refractivity contribution in [3.05, 3.63) is 35.4 Å². The molecule has 0 radical (unpaired) electrons. The molecule has 0 unspecified atom stereocenters. The largest absolute Gasteiger partial charge is 0.321 e. The Hall–Kier alpha value is -0.960. The Balaban J connectivity index is 2.45. The summed E-state index contributed by atoms with van der Waals surface area (Å²) < 4.78 is 25.5. The van der Waals surface area contributed by atoms with Crippen LogP contribution in [0.1, 0.15) is 18.4 Å². The van der Waals surface area contributed by atoms with Gasteiger partial charge >= 0.3 is 0 Å². The van der Waals surface area contributed by atoms with Crippen molar-refractivity contribution in [2.75, 3.05) is 0 Å². The maximum absolute atomic E-state index is 13.1. The quantitative estimate of drug-likeness (QED) is 0.682. The third-order valence-electron chi connectivity index (χ3n) is 2.26. The van der Waals surface area contributed by atoms with Gasteiger partial charge < -0.3 is 5.73 Å². The van der Waals surface area contributed by atoms with E-state index in [1.807, 2.05) is 0 Å². The van der Waals surface area contributed by atoms with E-state index in [4.69, 9.17) is 5.73 Å². The minimum absolute atomic E-state index is 0.434. The zero-order valence-corrected chi connectivity index (χ0v) is 6.48. The normalized spacial score (nSPS) is 19.2. The zero-order valence-electron chi connectivity index (χ0n) is 6.48. The molecule has 2 N–H and O–H groups in total. The summed E-state index contributed by atoms with van der Waals surface area (Å²) in [4.78, 5) is 0. The first-order valence-electron chi connectivity index (χ1n) is 3.86. The summed E-state index contributed by atoms with van der Waals surface area (Å²) in [7, 11) is 0. The van der Waals surface area contributed by atoms with Gasteiger partial charge in [-0.2, -0.15) is 0 Å². The summed E-state index contributed by atoms with van der Waals surface area (Å²) in [5.41, 5.74) is 5.67. The van der Waals surface area contributed by atoms with Gasteiger partial charge in [0.2, 0.25) is 0 Å². The molecule has 0 bridgehead atoms. The van der Waals surface area contributed by atoms with Crippen LogP contribution in [0.15, 0.2) is 18.2 Å². The summed E-state index contributed by atoms with van der Waals surface area (Å²) in [6.45, 7) is 0. The molecule has 0 aromatic heterocycles. The van der Waals surface area contributed by atoms with E-state index in [1.165, 1.54) is 12.1 Å². The number of rotatable bonds is 1. The lowest BCUT2D eigenvalue weighted by Gasteiger charge is -2.09. The van der Waals surface area contributed by atoms with E-state index in [9.17, 15) is 8.78 Å². The van der Waals surface area contributed by atoms with E-state index in [0.29, 0.717) is 5.56 Å². The van der Waals surface area contributed by atoms with E-state index in [2.05, 4.69) is 0 Å². The van der Waals surface area contributed by atoms with Crippen LogP contribution in [0.25, 0.3) is 0 Å². The predicted molar refractivity (Wildman–Crippen MR) is 41.5 cm³/mol. The molecular weight excluding hydrogens is 160 g/mol.